The van der Waals surface area contributed by atoms with Crippen molar-refractivity contribution in [3.63, 3.8) is 0 Å². The molecule has 1 aliphatic carbocycles. The summed E-state index contributed by atoms with van der Waals surface area (Å²) in [7, 11) is 0. The fourth-order valence-electron chi connectivity index (χ4n) is 3.72. The molecule has 0 radical (unpaired) electrons. The number of fused-ring (bicyclic) bond motifs is 2. The van der Waals surface area contributed by atoms with Gasteiger partial charge < -0.3 is 10.1 Å². The number of nitrogens with zero attached hydrogens (tertiary/aromatic N) is 1. The summed E-state index contributed by atoms with van der Waals surface area (Å²) in [5, 5.41) is 3.22. The van der Waals surface area contributed by atoms with Gasteiger partial charge in [-0.2, -0.15) is 0 Å². The lowest BCUT2D eigenvalue weighted by Gasteiger charge is -2.27. The fraction of sp³-hybridized carbons (Fsp3) is 0.368. The van der Waals surface area contributed by atoms with Gasteiger partial charge in [-0.1, -0.05) is 25.1 Å². The number of aromatic nitrogens is 1. The van der Waals surface area contributed by atoms with Crippen molar-refractivity contribution in [2.45, 2.75) is 37.6 Å². The average Bonchev–Trinajstić information content (AvgIpc) is 3.27. The fourth-order valence-corrected chi connectivity index (χ4v) is 3.72. The van der Waals surface area contributed by atoms with Crippen LogP contribution >= 0.6 is 0 Å². The predicted octanol–water partition coefficient (Wildman–Crippen LogP) is 2.87. The third-order valence-corrected chi connectivity index (χ3v) is 5.14. The highest BCUT2D eigenvalue weighted by atomic mass is 16.5. The van der Waals surface area contributed by atoms with Gasteiger partial charge in [-0.15, -0.1) is 0 Å². The van der Waals surface area contributed by atoms with Gasteiger partial charge in [-0.25, -0.2) is 0 Å². The summed E-state index contributed by atoms with van der Waals surface area (Å²) in [6, 6.07) is 10.2. The molecule has 1 aliphatic heterocycles. The second-order valence-electron chi connectivity index (χ2n) is 6.37. The van der Waals surface area contributed by atoms with Crippen molar-refractivity contribution in [2.75, 3.05) is 6.61 Å². The number of amides is 1. The Balaban J connectivity index is 1.56. The Morgan fingerprint density at radius 3 is 3.13 bits per heavy atom. The first kappa shape index (κ1) is 14.2. The molecule has 4 nitrogen and oxygen atoms in total. The van der Waals surface area contributed by atoms with Gasteiger partial charge in [-0.05, 0) is 37.0 Å². The number of benzene rings is 1. The van der Waals surface area contributed by atoms with Crippen LogP contribution in [0.4, 0.5) is 0 Å². The van der Waals surface area contributed by atoms with E-state index in [0.29, 0.717) is 0 Å². The molecule has 1 amide bonds. The smallest absolute Gasteiger partial charge is 0.251 e. The summed E-state index contributed by atoms with van der Waals surface area (Å²) in [6.07, 6.45) is 6.22. The van der Waals surface area contributed by atoms with Crippen LogP contribution in [0.25, 0.3) is 0 Å². The zero-order valence-electron chi connectivity index (χ0n) is 13.2. The number of aryl methyl sites for hydroxylation is 1. The Morgan fingerprint density at radius 1 is 1.39 bits per heavy atom. The minimum Gasteiger partial charge on any atom is -0.493 e. The molecule has 2 aromatic rings. The van der Waals surface area contributed by atoms with Crippen molar-refractivity contribution in [1.29, 1.82) is 0 Å². The van der Waals surface area contributed by atoms with Gasteiger partial charge in [0.25, 0.3) is 5.91 Å². The lowest BCUT2D eigenvalue weighted by atomic mass is 9.89. The molecule has 2 atom stereocenters. The molecule has 1 spiro atoms. The van der Waals surface area contributed by atoms with Crippen molar-refractivity contribution < 1.29 is 9.53 Å². The van der Waals surface area contributed by atoms with Crippen LogP contribution in [0.15, 0.2) is 42.7 Å². The number of carbonyl (C=O) groups excluding carboxylic acids is 1. The van der Waals surface area contributed by atoms with Gasteiger partial charge in [0.1, 0.15) is 5.75 Å². The molecule has 23 heavy (non-hydrogen) atoms. The SMILES string of the molecule is CCc1cnccc1C(=O)N[C@H]1C[C@]12CCOc1ccccc12. The van der Waals surface area contributed by atoms with E-state index in [1.807, 2.05) is 25.1 Å². The first-order valence-corrected chi connectivity index (χ1v) is 8.20. The number of ether oxygens (including phenoxy) is 1. The largest absolute Gasteiger partial charge is 0.493 e. The number of carbonyl (C=O) groups is 1. The zero-order chi connectivity index (χ0) is 15.9. The maximum atomic E-state index is 12.6. The van der Waals surface area contributed by atoms with E-state index >= 15 is 0 Å². The molecular weight excluding hydrogens is 288 g/mol. The molecule has 0 unspecified atom stereocenters. The second kappa shape index (κ2) is 5.37. The Labute approximate surface area is 135 Å². The number of hydrogen-bond acceptors (Lipinski definition) is 3. The summed E-state index contributed by atoms with van der Waals surface area (Å²) < 4.78 is 5.75. The number of nitrogens with one attached hydrogen (secondary N) is 1. The topological polar surface area (TPSA) is 51.2 Å². The minimum absolute atomic E-state index is 0.00935. The van der Waals surface area contributed by atoms with Crippen LogP contribution in [0.2, 0.25) is 0 Å². The predicted molar refractivity (Wildman–Crippen MR) is 87.7 cm³/mol. The molecule has 118 valence electrons. The summed E-state index contributed by atoms with van der Waals surface area (Å²) in [6.45, 7) is 2.76. The highest BCUT2D eigenvalue weighted by molar-refractivity contribution is 5.96. The first-order valence-electron chi connectivity index (χ1n) is 8.20. The normalized spacial score (nSPS) is 24.7. The van der Waals surface area contributed by atoms with Gasteiger partial charge in [0, 0.05) is 35.0 Å². The van der Waals surface area contributed by atoms with Crippen LogP contribution in [0.3, 0.4) is 0 Å². The van der Waals surface area contributed by atoms with E-state index in [2.05, 4.69) is 16.4 Å². The monoisotopic (exact) mass is 308 g/mol. The van der Waals surface area contributed by atoms with Gasteiger partial charge in [0.2, 0.25) is 0 Å². The average molecular weight is 308 g/mol. The third-order valence-electron chi connectivity index (χ3n) is 5.14. The summed E-state index contributed by atoms with van der Waals surface area (Å²) >= 11 is 0. The van der Waals surface area contributed by atoms with Crippen LogP contribution in [0.5, 0.6) is 5.75 Å². The Morgan fingerprint density at radius 2 is 2.26 bits per heavy atom. The van der Waals surface area contributed by atoms with E-state index in [9.17, 15) is 4.79 Å². The second-order valence-corrected chi connectivity index (χ2v) is 6.37. The van der Waals surface area contributed by atoms with Crippen LogP contribution in [0, 0.1) is 0 Å². The molecule has 1 saturated carbocycles. The highest BCUT2D eigenvalue weighted by Crippen LogP contribution is 2.55. The number of para-hydroxylation sites is 1. The van der Waals surface area contributed by atoms with E-state index in [1.165, 1.54) is 5.56 Å². The van der Waals surface area contributed by atoms with Gasteiger partial charge in [0.15, 0.2) is 0 Å². The number of rotatable bonds is 3. The van der Waals surface area contributed by atoms with Crippen molar-refractivity contribution >= 4 is 5.91 Å². The summed E-state index contributed by atoms with van der Waals surface area (Å²) in [5.74, 6) is 0.976. The van der Waals surface area contributed by atoms with E-state index < -0.39 is 0 Å². The highest BCUT2D eigenvalue weighted by Gasteiger charge is 2.58. The van der Waals surface area contributed by atoms with E-state index in [4.69, 9.17) is 4.74 Å². The lowest BCUT2D eigenvalue weighted by Crippen LogP contribution is -2.34. The van der Waals surface area contributed by atoms with Crippen molar-refractivity contribution in [3.05, 3.63) is 59.4 Å². The lowest BCUT2D eigenvalue weighted by molar-refractivity contribution is 0.0944. The molecule has 4 heteroatoms. The quantitative estimate of drug-likeness (QED) is 0.948. The number of pyridine rings is 1. The van der Waals surface area contributed by atoms with Crippen molar-refractivity contribution in [2.24, 2.45) is 0 Å². The molecule has 4 rings (SSSR count). The zero-order valence-corrected chi connectivity index (χ0v) is 13.2. The molecular formula is C19H20N2O2. The molecule has 1 aromatic carbocycles. The molecule has 2 heterocycles. The van der Waals surface area contributed by atoms with Gasteiger partial charge >= 0.3 is 0 Å². The van der Waals surface area contributed by atoms with Crippen LogP contribution in [-0.2, 0) is 11.8 Å². The summed E-state index contributed by atoms with van der Waals surface area (Å²) in [4.78, 5) is 16.8. The van der Waals surface area contributed by atoms with Crippen LogP contribution in [0.1, 0.15) is 41.3 Å². The minimum atomic E-state index is 0.00935. The molecule has 0 saturated heterocycles. The van der Waals surface area contributed by atoms with E-state index in [0.717, 1.165) is 42.7 Å². The first-order chi connectivity index (χ1) is 11.2. The van der Waals surface area contributed by atoms with Crippen LogP contribution in [-0.4, -0.2) is 23.5 Å². The standard InChI is InChI=1S/C19H20N2O2/c1-2-13-12-20-9-7-14(13)18(22)21-17-11-19(17)8-10-23-16-6-4-3-5-15(16)19/h3-7,9,12,17H,2,8,10-11H2,1H3,(H,21,22)/t17-,19-/m0/s1. The molecule has 1 fully saturated rings. The molecule has 1 aromatic heterocycles. The van der Waals surface area contributed by atoms with Crippen molar-refractivity contribution in [3.8, 4) is 5.75 Å². The summed E-state index contributed by atoms with van der Waals surface area (Å²) in [5.41, 5.74) is 3.03. The van der Waals surface area contributed by atoms with E-state index in [1.54, 1.807) is 18.5 Å². The Kier molecular flexibility index (Phi) is 3.33. The molecule has 0 bridgehead atoms. The Hall–Kier alpha value is -2.36. The van der Waals surface area contributed by atoms with Crippen molar-refractivity contribution in [1.82, 2.24) is 10.3 Å². The maximum absolute atomic E-state index is 12.6. The van der Waals surface area contributed by atoms with Gasteiger partial charge in [-0.3, -0.25) is 9.78 Å². The molecule has 2 aliphatic rings. The third kappa shape index (κ3) is 2.29. The van der Waals surface area contributed by atoms with E-state index in [-0.39, 0.29) is 17.4 Å². The number of hydrogen-bond donors (Lipinski definition) is 1. The van der Waals surface area contributed by atoms with Crippen LogP contribution < -0.4 is 10.1 Å². The Bertz CT molecular complexity index is 759. The maximum Gasteiger partial charge on any atom is 0.251 e. The van der Waals surface area contributed by atoms with Gasteiger partial charge in [0.05, 0.1) is 6.61 Å². The molecule has 1 N–H and O–H groups in total.